The highest BCUT2D eigenvalue weighted by Crippen LogP contribution is 2.23. The maximum absolute atomic E-state index is 12.3. The lowest BCUT2D eigenvalue weighted by atomic mass is 10.1. The van der Waals surface area contributed by atoms with Gasteiger partial charge in [-0.05, 0) is 43.7 Å². The summed E-state index contributed by atoms with van der Waals surface area (Å²) in [5.41, 5.74) is 1.71. The lowest BCUT2D eigenvalue weighted by Crippen LogP contribution is -2.35. The summed E-state index contributed by atoms with van der Waals surface area (Å²) in [6.45, 7) is 4.43. The van der Waals surface area contributed by atoms with Gasteiger partial charge in [0.15, 0.2) is 0 Å². The molecule has 6 nitrogen and oxygen atoms in total. The first-order valence-corrected chi connectivity index (χ1v) is 8.98. The van der Waals surface area contributed by atoms with Crippen LogP contribution in [0.5, 0.6) is 5.75 Å². The average molecular weight is 366 g/mol. The first-order chi connectivity index (χ1) is 13.0. The fraction of sp³-hybridized carbons (Fsp3) is 0.286. The van der Waals surface area contributed by atoms with Gasteiger partial charge < -0.3 is 10.1 Å². The molecule has 1 N–H and O–H groups in total. The number of benzene rings is 2. The lowest BCUT2D eigenvalue weighted by molar-refractivity contribution is -0.121. The second kappa shape index (κ2) is 8.03. The summed E-state index contributed by atoms with van der Waals surface area (Å²) in [6.07, 6.45) is 0.0565. The quantitative estimate of drug-likeness (QED) is 0.765. The van der Waals surface area contributed by atoms with Gasteiger partial charge in [0.05, 0.1) is 23.8 Å². The van der Waals surface area contributed by atoms with Crippen LogP contribution in [0.2, 0.25) is 0 Å². The molecule has 0 aromatic heterocycles. The summed E-state index contributed by atoms with van der Waals surface area (Å²) >= 11 is 0. The largest absolute Gasteiger partial charge is 0.494 e. The van der Waals surface area contributed by atoms with E-state index in [4.69, 9.17) is 4.74 Å². The molecule has 1 heterocycles. The van der Waals surface area contributed by atoms with Crippen LogP contribution >= 0.6 is 0 Å². The number of carbonyl (C=O) groups excluding carboxylic acids is 3. The zero-order valence-corrected chi connectivity index (χ0v) is 15.4. The van der Waals surface area contributed by atoms with Crippen molar-refractivity contribution in [1.29, 1.82) is 0 Å². The van der Waals surface area contributed by atoms with Crippen molar-refractivity contribution >= 4 is 17.7 Å². The third-order valence-electron chi connectivity index (χ3n) is 4.49. The number of nitrogens with zero attached hydrogens (tertiary/aromatic N) is 1. The van der Waals surface area contributed by atoms with Gasteiger partial charge in [0.2, 0.25) is 5.91 Å². The number of rotatable bonds is 7. The van der Waals surface area contributed by atoms with E-state index in [2.05, 4.69) is 5.32 Å². The van der Waals surface area contributed by atoms with E-state index >= 15 is 0 Å². The molecule has 0 fully saturated rings. The highest BCUT2D eigenvalue weighted by atomic mass is 16.5. The molecule has 0 aliphatic carbocycles. The maximum Gasteiger partial charge on any atom is 0.261 e. The first-order valence-electron chi connectivity index (χ1n) is 8.98. The summed E-state index contributed by atoms with van der Waals surface area (Å²) in [7, 11) is 0. The van der Waals surface area contributed by atoms with E-state index in [-0.39, 0.29) is 36.7 Å². The minimum absolute atomic E-state index is 0.0565. The van der Waals surface area contributed by atoms with Gasteiger partial charge in [-0.1, -0.05) is 24.3 Å². The Labute approximate surface area is 158 Å². The van der Waals surface area contributed by atoms with E-state index in [1.165, 1.54) is 0 Å². The van der Waals surface area contributed by atoms with Crippen molar-refractivity contribution in [3.63, 3.8) is 0 Å². The zero-order chi connectivity index (χ0) is 19.4. The van der Waals surface area contributed by atoms with Gasteiger partial charge in [-0.2, -0.15) is 0 Å². The van der Waals surface area contributed by atoms with Crippen LogP contribution in [0.1, 0.15) is 52.6 Å². The van der Waals surface area contributed by atoms with Crippen LogP contribution in [0.3, 0.4) is 0 Å². The lowest BCUT2D eigenvalue weighted by Gasteiger charge is -2.17. The van der Waals surface area contributed by atoms with Crippen molar-refractivity contribution < 1.29 is 19.1 Å². The molecule has 6 heteroatoms. The number of hydrogen-bond donors (Lipinski definition) is 1. The monoisotopic (exact) mass is 366 g/mol. The second-order valence-electron chi connectivity index (χ2n) is 6.35. The van der Waals surface area contributed by atoms with Crippen LogP contribution in [0.15, 0.2) is 48.5 Å². The number of hydrogen-bond acceptors (Lipinski definition) is 4. The summed E-state index contributed by atoms with van der Waals surface area (Å²) in [4.78, 5) is 38.1. The van der Waals surface area contributed by atoms with E-state index in [0.29, 0.717) is 17.7 Å². The van der Waals surface area contributed by atoms with E-state index in [9.17, 15) is 14.4 Å². The summed E-state index contributed by atoms with van der Waals surface area (Å²) < 4.78 is 5.48. The molecule has 1 atom stereocenters. The summed E-state index contributed by atoms with van der Waals surface area (Å²) in [5.74, 6) is -0.162. The molecule has 1 aliphatic rings. The standard InChI is InChI=1S/C21H22N2O4/c1-3-27-16-8-6-7-15(13-16)14(2)22-19(24)11-12-23-20(25)17-9-4-5-10-18(17)21(23)26/h4-10,13-14H,3,11-12H2,1-2H3,(H,22,24). The Morgan fingerprint density at radius 3 is 2.37 bits per heavy atom. The molecule has 27 heavy (non-hydrogen) atoms. The maximum atomic E-state index is 12.3. The third kappa shape index (κ3) is 4.00. The Morgan fingerprint density at radius 1 is 1.07 bits per heavy atom. The number of amides is 3. The number of imide groups is 1. The Kier molecular flexibility index (Phi) is 5.54. The first kappa shape index (κ1) is 18.6. The van der Waals surface area contributed by atoms with Crippen molar-refractivity contribution in [2.24, 2.45) is 0 Å². The zero-order valence-electron chi connectivity index (χ0n) is 15.4. The van der Waals surface area contributed by atoms with E-state index < -0.39 is 0 Å². The molecule has 3 amide bonds. The van der Waals surface area contributed by atoms with E-state index in [0.717, 1.165) is 16.2 Å². The second-order valence-corrected chi connectivity index (χ2v) is 6.35. The normalized spacial score (nSPS) is 14.1. The molecular formula is C21H22N2O4. The van der Waals surface area contributed by atoms with Crippen molar-refractivity contribution in [3.05, 3.63) is 65.2 Å². The van der Waals surface area contributed by atoms with Crippen LogP contribution in [0.25, 0.3) is 0 Å². The smallest absolute Gasteiger partial charge is 0.261 e. The van der Waals surface area contributed by atoms with Crippen LogP contribution < -0.4 is 10.1 Å². The molecule has 140 valence electrons. The fourth-order valence-corrected chi connectivity index (χ4v) is 3.09. The van der Waals surface area contributed by atoms with Crippen LogP contribution in [0.4, 0.5) is 0 Å². The number of fused-ring (bicyclic) bond motifs is 1. The Bertz CT molecular complexity index is 843. The molecule has 0 radical (unpaired) electrons. The Hall–Kier alpha value is -3.15. The van der Waals surface area contributed by atoms with Crippen molar-refractivity contribution in [2.75, 3.05) is 13.2 Å². The van der Waals surface area contributed by atoms with Crippen molar-refractivity contribution in [3.8, 4) is 5.75 Å². The highest BCUT2D eigenvalue weighted by Gasteiger charge is 2.34. The van der Waals surface area contributed by atoms with Gasteiger partial charge in [-0.15, -0.1) is 0 Å². The molecule has 1 aliphatic heterocycles. The van der Waals surface area contributed by atoms with Gasteiger partial charge in [-0.25, -0.2) is 0 Å². The number of ether oxygens (including phenoxy) is 1. The SMILES string of the molecule is CCOc1cccc(C(C)NC(=O)CCN2C(=O)c3ccccc3C2=O)c1. The van der Waals surface area contributed by atoms with Crippen LogP contribution in [0, 0.1) is 0 Å². The number of nitrogens with one attached hydrogen (secondary N) is 1. The van der Waals surface area contributed by atoms with Gasteiger partial charge in [0, 0.05) is 13.0 Å². The van der Waals surface area contributed by atoms with Crippen molar-refractivity contribution in [2.45, 2.75) is 26.3 Å². The fourth-order valence-electron chi connectivity index (χ4n) is 3.09. The minimum atomic E-state index is -0.346. The van der Waals surface area contributed by atoms with Crippen LogP contribution in [-0.4, -0.2) is 35.8 Å². The molecule has 1 unspecified atom stereocenters. The molecular weight excluding hydrogens is 344 g/mol. The molecule has 0 saturated carbocycles. The minimum Gasteiger partial charge on any atom is -0.494 e. The van der Waals surface area contributed by atoms with Gasteiger partial charge in [0.1, 0.15) is 5.75 Å². The molecule has 0 spiro atoms. The predicted octanol–water partition coefficient (Wildman–Crippen LogP) is 2.95. The van der Waals surface area contributed by atoms with Gasteiger partial charge >= 0.3 is 0 Å². The molecule has 2 aromatic rings. The third-order valence-corrected chi connectivity index (χ3v) is 4.49. The Balaban J connectivity index is 1.57. The van der Waals surface area contributed by atoms with Crippen LogP contribution in [-0.2, 0) is 4.79 Å². The molecule has 0 saturated heterocycles. The van der Waals surface area contributed by atoms with Gasteiger partial charge in [0.25, 0.3) is 11.8 Å². The molecule has 3 rings (SSSR count). The van der Waals surface area contributed by atoms with Crippen molar-refractivity contribution in [1.82, 2.24) is 10.2 Å². The summed E-state index contributed by atoms with van der Waals surface area (Å²) in [5, 5.41) is 2.90. The van der Waals surface area contributed by atoms with E-state index in [1.807, 2.05) is 38.1 Å². The predicted molar refractivity (Wildman–Crippen MR) is 101 cm³/mol. The summed E-state index contributed by atoms with van der Waals surface area (Å²) in [6, 6.07) is 14.0. The van der Waals surface area contributed by atoms with E-state index in [1.54, 1.807) is 24.3 Å². The number of carbonyl (C=O) groups is 3. The van der Waals surface area contributed by atoms with Gasteiger partial charge in [-0.3, -0.25) is 19.3 Å². The average Bonchev–Trinajstić information content (AvgIpc) is 2.91. The Morgan fingerprint density at radius 2 is 1.74 bits per heavy atom. The topological polar surface area (TPSA) is 75.7 Å². The highest BCUT2D eigenvalue weighted by molar-refractivity contribution is 6.21. The molecule has 2 aromatic carbocycles. The molecule has 0 bridgehead atoms.